The van der Waals surface area contributed by atoms with E-state index in [9.17, 15) is 50.0 Å². The van der Waals surface area contributed by atoms with Crippen molar-refractivity contribution in [1.82, 2.24) is 9.97 Å². The van der Waals surface area contributed by atoms with Gasteiger partial charge in [-0.25, -0.2) is 9.37 Å². The van der Waals surface area contributed by atoms with Gasteiger partial charge in [-0.2, -0.15) is 30.7 Å². The second-order valence-electron chi connectivity index (χ2n) is 7.06. The van der Waals surface area contributed by atoms with E-state index >= 15 is 0 Å². The first-order valence-corrected chi connectivity index (χ1v) is 11.0. The molecule has 3 aromatic rings. The van der Waals surface area contributed by atoms with Crippen LogP contribution in [0.1, 0.15) is 21.6 Å². The minimum atomic E-state index is -6.69. The zero-order valence-electron chi connectivity index (χ0n) is 17.5. The molecule has 3 N–H and O–H groups in total. The molecule has 8 nitrogen and oxygen atoms in total. The van der Waals surface area contributed by atoms with Gasteiger partial charge < -0.3 is 10.8 Å². The van der Waals surface area contributed by atoms with E-state index in [1.165, 1.54) is 5.38 Å². The van der Waals surface area contributed by atoms with Crippen molar-refractivity contribution in [2.45, 2.75) is 33.9 Å². The molecule has 3 rings (SSSR count). The number of nitrogens with zero attached hydrogens (tertiary/aromatic N) is 3. The number of hydrogen-bond acceptors (Lipinski definition) is 8. The minimum absolute atomic E-state index is 0.107. The molecule has 2 aromatic heterocycles. The van der Waals surface area contributed by atoms with Crippen LogP contribution in [-0.2, 0) is 12.5 Å². The Bertz CT molecular complexity index is 1380. The van der Waals surface area contributed by atoms with Crippen molar-refractivity contribution in [1.29, 1.82) is 0 Å². The Morgan fingerprint density at radius 2 is 1.81 bits per heavy atom. The monoisotopic (exact) mass is 574 g/mol. The lowest BCUT2D eigenvalue weighted by Crippen LogP contribution is -2.50. The molecule has 0 aliphatic rings. The van der Waals surface area contributed by atoms with Crippen LogP contribution >= 0.6 is 23.1 Å². The Hall–Kier alpha value is -3.38. The summed E-state index contributed by atoms with van der Waals surface area (Å²) in [5, 5.41) is 21.9. The summed E-state index contributed by atoms with van der Waals surface area (Å²) in [5.74, 6) is -15.6. The van der Waals surface area contributed by atoms with Crippen LogP contribution in [0.4, 0.5) is 40.8 Å². The molecule has 0 spiro atoms. The highest BCUT2D eigenvalue weighted by Gasteiger charge is 2.73. The summed E-state index contributed by atoms with van der Waals surface area (Å²) in [4.78, 5) is 29.3. The molecule has 198 valence electrons. The van der Waals surface area contributed by atoms with Crippen LogP contribution < -0.4 is 5.73 Å². The fourth-order valence-electron chi connectivity index (χ4n) is 2.85. The number of nitrogens with two attached hydrogens (primary N) is 1. The molecule has 2 heterocycles. The van der Waals surface area contributed by atoms with Crippen molar-refractivity contribution in [2.75, 3.05) is 0 Å². The first kappa shape index (κ1) is 28.2. The van der Waals surface area contributed by atoms with Crippen molar-refractivity contribution in [3.63, 3.8) is 0 Å². The Morgan fingerprint density at radius 1 is 1.16 bits per heavy atom. The largest absolute Gasteiger partial charge is 0.460 e. The molecule has 0 aliphatic heterocycles. The molecule has 1 aromatic carbocycles. The number of aliphatic hydroxyl groups is 1. The van der Waals surface area contributed by atoms with Crippen molar-refractivity contribution < 1.29 is 49.9 Å². The van der Waals surface area contributed by atoms with E-state index in [0.717, 1.165) is 17.4 Å². The van der Waals surface area contributed by atoms with Crippen LogP contribution in [0.15, 0.2) is 39.0 Å². The number of primary amides is 1. The van der Waals surface area contributed by atoms with Gasteiger partial charge in [0.1, 0.15) is 11.5 Å². The summed E-state index contributed by atoms with van der Waals surface area (Å²) in [5.41, 5.74) is 0.357. The fourth-order valence-corrected chi connectivity index (χ4v) is 4.84. The number of aromatic nitrogens is 2. The zero-order valence-corrected chi connectivity index (χ0v) is 19.2. The first-order chi connectivity index (χ1) is 17.0. The SMILES string of the molecule is NC(=O)c1cc([N+](=O)[O-])cc(-c2ncc(C(F)(F)C(F)(F)C(F)(F)F)cc2F)c1Sc1nc(CO)cs1. The quantitative estimate of drug-likeness (QED) is 0.212. The number of rotatable bonds is 8. The number of pyridine rings is 1. The van der Waals surface area contributed by atoms with Gasteiger partial charge in [0.05, 0.1) is 22.8 Å². The van der Waals surface area contributed by atoms with Gasteiger partial charge in [0.15, 0.2) is 4.34 Å². The molecule has 37 heavy (non-hydrogen) atoms. The van der Waals surface area contributed by atoms with E-state index in [1.54, 1.807) is 0 Å². The number of benzene rings is 1. The number of alkyl halides is 7. The molecule has 1 amide bonds. The van der Waals surface area contributed by atoms with E-state index in [4.69, 9.17) is 10.8 Å². The van der Waals surface area contributed by atoms with E-state index < -0.39 is 69.3 Å². The van der Waals surface area contributed by atoms with Crippen molar-refractivity contribution >= 4 is 34.7 Å². The van der Waals surface area contributed by atoms with Crippen LogP contribution in [0.25, 0.3) is 11.3 Å². The highest BCUT2D eigenvalue weighted by molar-refractivity contribution is 8.01. The molecule has 18 heteroatoms. The fraction of sp³-hybridized carbons (Fsp3) is 0.211. The van der Waals surface area contributed by atoms with Crippen LogP contribution in [0.2, 0.25) is 0 Å². The lowest BCUT2D eigenvalue weighted by Gasteiger charge is -2.28. The molecule has 0 atom stereocenters. The Labute approximate surface area is 208 Å². The van der Waals surface area contributed by atoms with Gasteiger partial charge in [0, 0.05) is 39.7 Å². The molecule has 0 radical (unpaired) electrons. The number of non-ortho nitro benzene ring substituents is 1. The predicted molar refractivity (Wildman–Crippen MR) is 112 cm³/mol. The number of thiazole rings is 1. The topological polar surface area (TPSA) is 132 Å². The highest BCUT2D eigenvalue weighted by atomic mass is 32.2. The number of carbonyl (C=O) groups is 1. The second-order valence-corrected chi connectivity index (χ2v) is 9.17. The number of nitro benzene ring substituents is 1. The third-order valence-electron chi connectivity index (χ3n) is 4.64. The highest BCUT2D eigenvalue weighted by Crippen LogP contribution is 2.52. The van der Waals surface area contributed by atoms with Gasteiger partial charge in [0.2, 0.25) is 5.91 Å². The Kier molecular flexibility index (Phi) is 7.49. The second kappa shape index (κ2) is 9.82. The number of halogens is 8. The number of nitro groups is 1. The molecule has 0 bridgehead atoms. The lowest BCUT2D eigenvalue weighted by atomic mass is 10.0. The van der Waals surface area contributed by atoms with Crippen LogP contribution in [0.5, 0.6) is 0 Å². The summed E-state index contributed by atoms with van der Waals surface area (Å²) in [6.07, 6.45) is -6.84. The van der Waals surface area contributed by atoms with Crippen molar-refractivity contribution in [3.05, 3.63) is 62.5 Å². The smallest absolute Gasteiger partial charge is 0.390 e. The van der Waals surface area contributed by atoms with Crippen LogP contribution in [0.3, 0.4) is 0 Å². The Morgan fingerprint density at radius 3 is 2.30 bits per heavy atom. The first-order valence-electron chi connectivity index (χ1n) is 9.35. The van der Waals surface area contributed by atoms with Crippen LogP contribution in [0, 0.1) is 15.9 Å². The van der Waals surface area contributed by atoms with Gasteiger partial charge in [-0.3, -0.25) is 19.9 Å². The van der Waals surface area contributed by atoms with E-state index in [-0.39, 0.29) is 27.2 Å². The maximum atomic E-state index is 14.9. The zero-order chi connectivity index (χ0) is 27.9. The average molecular weight is 574 g/mol. The number of carbonyl (C=O) groups excluding carboxylic acids is 1. The standard InChI is InChI=1S/C19H10F8N4O4S2/c20-12-1-7(17(21,22)18(23,24)19(25,26)27)4-29-13(12)10-2-9(31(34)35)3-11(15(28)33)14(10)37-16-30-8(5-32)6-36-16/h1-4,6,32H,5H2,(H2,28,33). The number of hydrogen-bond donors (Lipinski definition) is 2. The number of aliphatic hydroxyl groups excluding tert-OH is 1. The van der Waals surface area contributed by atoms with Gasteiger partial charge in [0.25, 0.3) is 5.69 Å². The van der Waals surface area contributed by atoms with E-state index in [0.29, 0.717) is 17.8 Å². The summed E-state index contributed by atoms with van der Waals surface area (Å²) < 4.78 is 107. The maximum absolute atomic E-state index is 14.9. The normalized spacial score (nSPS) is 12.6. The van der Waals surface area contributed by atoms with Crippen LogP contribution in [-0.4, -0.2) is 38.0 Å². The van der Waals surface area contributed by atoms with Crippen molar-refractivity contribution in [2.24, 2.45) is 5.73 Å². The Balaban J connectivity index is 2.24. The van der Waals surface area contributed by atoms with Gasteiger partial charge >= 0.3 is 18.0 Å². The van der Waals surface area contributed by atoms with Crippen molar-refractivity contribution in [3.8, 4) is 11.3 Å². The molecule has 0 saturated carbocycles. The summed E-state index contributed by atoms with van der Waals surface area (Å²) >= 11 is 1.52. The predicted octanol–water partition coefficient (Wildman–Crippen LogP) is 5.28. The van der Waals surface area contributed by atoms with Gasteiger partial charge in [-0.15, -0.1) is 11.3 Å². The van der Waals surface area contributed by atoms with E-state index in [1.807, 2.05) is 0 Å². The lowest BCUT2D eigenvalue weighted by molar-refractivity contribution is -0.384. The summed E-state index contributed by atoms with van der Waals surface area (Å²) in [7, 11) is 0. The van der Waals surface area contributed by atoms with E-state index in [2.05, 4.69) is 9.97 Å². The summed E-state index contributed by atoms with van der Waals surface area (Å²) in [6, 6.07) is 1.06. The summed E-state index contributed by atoms with van der Waals surface area (Å²) in [6.45, 7) is -0.485. The average Bonchev–Trinajstić information content (AvgIpc) is 3.25. The number of amides is 1. The molecule has 0 unspecified atom stereocenters. The molecular weight excluding hydrogens is 564 g/mol. The third-order valence-corrected chi connectivity index (χ3v) is 6.77. The third kappa shape index (κ3) is 5.21. The van der Waals surface area contributed by atoms with Gasteiger partial charge in [-0.1, -0.05) is 11.8 Å². The molecule has 0 saturated heterocycles. The molecule has 0 aliphatic carbocycles. The molecular formula is C19H10F8N4O4S2. The maximum Gasteiger partial charge on any atom is 0.460 e. The molecule has 0 fully saturated rings. The van der Waals surface area contributed by atoms with Gasteiger partial charge in [-0.05, 0) is 6.07 Å². The minimum Gasteiger partial charge on any atom is -0.390 e.